The first kappa shape index (κ1) is 13.2. The van der Waals surface area contributed by atoms with Gasteiger partial charge in [-0.25, -0.2) is 0 Å². The van der Waals surface area contributed by atoms with Gasteiger partial charge in [0.05, 0.1) is 7.11 Å². The summed E-state index contributed by atoms with van der Waals surface area (Å²) in [4.78, 5) is 11.0. The first-order chi connectivity index (χ1) is 7.65. The summed E-state index contributed by atoms with van der Waals surface area (Å²) in [6.45, 7) is 2.11. The van der Waals surface area contributed by atoms with Gasteiger partial charge in [0.25, 0.3) is 0 Å². The Bertz CT molecular complexity index is 350. The molecular formula is C13H17BrO2. The largest absolute Gasteiger partial charge is 0.468 e. The van der Waals surface area contributed by atoms with Crippen molar-refractivity contribution in [3.63, 3.8) is 0 Å². The first-order valence-corrected chi connectivity index (χ1v) is 6.33. The van der Waals surface area contributed by atoms with Gasteiger partial charge >= 0.3 is 5.97 Å². The number of methoxy groups -OCH3 is 1. The third-order valence-corrected chi connectivity index (χ3v) is 3.45. The van der Waals surface area contributed by atoms with E-state index in [-0.39, 0.29) is 10.8 Å². The van der Waals surface area contributed by atoms with Crippen molar-refractivity contribution in [2.45, 2.75) is 31.0 Å². The van der Waals surface area contributed by atoms with E-state index in [9.17, 15) is 4.79 Å². The van der Waals surface area contributed by atoms with Crippen molar-refractivity contribution in [1.29, 1.82) is 0 Å². The number of ether oxygens (including phenoxy) is 1. The van der Waals surface area contributed by atoms with Gasteiger partial charge in [0, 0.05) is 0 Å². The molecule has 2 nitrogen and oxygen atoms in total. The van der Waals surface area contributed by atoms with Gasteiger partial charge in [0.15, 0.2) is 0 Å². The zero-order chi connectivity index (χ0) is 12.0. The Hall–Kier alpha value is -0.830. The van der Waals surface area contributed by atoms with Crippen LogP contribution in [0, 0.1) is 6.92 Å². The average molecular weight is 285 g/mol. The van der Waals surface area contributed by atoms with E-state index < -0.39 is 0 Å². The molecule has 0 aliphatic rings. The lowest BCUT2D eigenvalue weighted by Crippen LogP contribution is -2.15. The molecule has 0 aliphatic heterocycles. The maximum absolute atomic E-state index is 11.2. The fraction of sp³-hybridized carbons (Fsp3) is 0.462. The predicted molar refractivity (Wildman–Crippen MR) is 68.8 cm³/mol. The molecule has 0 spiro atoms. The van der Waals surface area contributed by atoms with Gasteiger partial charge in [-0.2, -0.15) is 0 Å². The van der Waals surface area contributed by atoms with Crippen LogP contribution in [0.2, 0.25) is 0 Å². The summed E-state index contributed by atoms with van der Waals surface area (Å²) in [5.74, 6) is -0.190. The minimum absolute atomic E-state index is 0.179. The summed E-state index contributed by atoms with van der Waals surface area (Å²) in [5, 5.41) is 0. The van der Waals surface area contributed by atoms with Gasteiger partial charge < -0.3 is 4.74 Å². The van der Waals surface area contributed by atoms with Crippen molar-refractivity contribution >= 4 is 21.9 Å². The smallest absolute Gasteiger partial charge is 0.319 e. The molecule has 88 valence electrons. The van der Waals surface area contributed by atoms with Crippen molar-refractivity contribution in [3.05, 3.63) is 35.4 Å². The molecule has 0 saturated heterocycles. The van der Waals surface area contributed by atoms with Crippen molar-refractivity contribution in [2.24, 2.45) is 0 Å². The molecule has 16 heavy (non-hydrogen) atoms. The molecule has 0 radical (unpaired) electrons. The van der Waals surface area contributed by atoms with Crippen LogP contribution in [0.1, 0.15) is 24.0 Å². The van der Waals surface area contributed by atoms with Crippen LogP contribution >= 0.6 is 15.9 Å². The molecular weight excluding hydrogens is 268 g/mol. The molecule has 0 bridgehead atoms. The molecule has 1 rings (SSSR count). The van der Waals surface area contributed by atoms with Gasteiger partial charge in [-0.15, -0.1) is 0 Å². The van der Waals surface area contributed by atoms with Crippen LogP contribution in [-0.4, -0.2) is 17.9 Å². The van der Waals surface area contributed by atoms with Crippen LogP contribution in [-0.2, 0) is 16.0 Å². The van der Waals surface area contributed by atoms with Crippen molar-refractivity contribution in [1.82, 2.24) is 0 Å². The SMILES string of the molecule is COC(=O)C(Br)CCCc1ccccc1C. The third kappa shape index (κ3) is 3.97. The molecule has 0 N–H and O–H groups in total. The van der Waals surface area contributed by atoms with Crippen LogP contribution in [0.3, 0.4) is 0 Å². The molecule has 1 aromatic carbocycles. The minimum Gasteiger partial charge on any atom is -0.468 e. The van der Waals surface area contributed by atoms with Crippen LogP contribution in [0.4, 0.5) is 0 Å². The summed E-state index contributed by atoms with van der Waals surface area (Å²) in [5.41, 5.74) is 2.67. The summed E-state index contributed by atoms with van der Waals surface area (Å²) < 4.78 is 4.65. The van der Waals surface area contributed by atoms with E-state index in [1.165, 1.54) is 18.2 Å². The van der Waals surface area contributed by atoms with Gasteiger partial charge in [-0.3, -0.25) is 4.79 Å². The minimum atomic E-state index is -0.190. The molecule has 1 aromatic rings. The Kier molecular flexibility index (Phi) is 5.53. The van der Waals surface area contributed by atoms with Gasteiger partial charge in [0.1, 0.15) is 4.83 Å². The topological polar surface area (TPSA) is 26.3 Å². The van der Waals surface area contributed by atoms with Gasteiger partial charge in [-0.05, 0) is 37.3 Å². The summed E-state index contributed by atoms with van der Waals surface area (Å²) >= 11 is 3.32. The quantitative estimate of drug-likeness (QED) is 0.613. The van der Waals surface area contributed by atoms with E-state index in [0.29, 0.717) is 0 Å². The standard InChI is InChI=1S/C13H17BrO2/c1-10-6-3-4-7-11(10)8-5-9-12(14)13(15)16-2/h3-4,6-7,12H,5,8-9H2,1-2H3. The molecule has 0 fully saturated rings. The third-order valence-electron chi connectivity index (χ3n) is 2.62. The number of carbonyl (C=O) groups excluding carboxylic acids is 1. The molecule has 3 heteroatoms. The number of esters is 1. The molecule has 0 saturated carbocycles. The van der Waals surface area contributed by atoms with E-state index in [4.69, 9.17) is 0 Å². The van der Waals surface area contributed by atoms with E-state index in [1.54, 1.807) is 0 Å². The highest BCUT2D eigenvalue weighted by Crippen LogP contribution is 2.15. The fourth-order valence-electron chi connectivity index (χ4n) is 1.61. The molecule has 0 aromatic heterocycles. The Labute approximate surface area is 105 Å². The lowest BCUT2D eigenvalue weighted by Gasteiger charge is -2.08. The second-order valence-corrected chi connectivity index (χ2v) is 4.91. The molecule has 0 aliphatic carbocycles. The monoisotopic (exact) mass is 284 g/mol. The number of carbonyl (C=O) groups is 1. The predicted octanol–water partition coefficient (Wildman–Crippen LogP) is 3.25. The maximum Gasteiger partial charge on any atom is 0.319 e. The first-order valence-electron chi connectivity index (χ1n) is 5.41. The second-order valence-electron chi connectivity index (χ2n) is 3.81. The zero-order valence-electron chi connectivity index (χ0n) is 9.70. The van der Waals surface area contributed by atoms with Crippen molar-refractivity contribution < 1.29 is 9.53 Å². The second kappa shape index (κ2) is 6.69. The van der Waals surface area contributed by atoms with E-state index >= 15 is 0 Å². The number of halogens is 1. The molecule has 0 heterocycles. The van der Waals surface area contributed by atoms with E-state index in [1.807, 2.05) is 12.1 Å². The highest BCUT2D eigenvalue weighted by molar-refractivity contribution is 9.10. The van der Waals surface area contributed by atoms with Gasteiger partial charge in [-0.1, -0.05) is 40.2 Å². The Morgan fingerprint density at radius 2 is 2.12 bits per heavy atom. The van der Waals surface area contributed by atoms with Crippen molar-refractivity contribution in [3.8, 4) is 0 Å². The summed E-state index contributed by atoms with van der Waals surface area (Å²) in [7, 11) is 1.41. The number of rotatable bonds is 5. The number of hydrogen-bond acceptors (Lipinski definition) is 2. The van der Waals surface area contributed by atoms with Crippen molar-refractivity contribution in [2.75, 3.05) is 7.11 Å². The molecule has 1 atom stereocenters. The van der Waals surface area contributed by atoms with E-state index in [0.717, 1.165) is 19.3 Å². The Morgan fingerprint density at radius 1 is 1.44 bits per heavy atom. The molecule has 0 amide bonds. The highest BCUT2D eigenvalue weighted by atomic mass is 79.9. The molecule has 1 unspecified atom stereocenters. The number of alkyl halides is 1. The van der Waals surface area contributed by atoms with Gasteiger partial charge in [0.2, 0.25) is 0 Å². The number of hydrogen-bond donors (Lipinski definition) is 0. The Morgan fingerprint density at radius 3 is 2.75 bits per heavy atom. The van der Waals surface area contributed by atoms with Crippen LogP contribution in [0.15, 0.2) is 24.3 Å². The maximum atomic E-state index is 11.2. The summed E-state index contributed by atoms with van der Waals surface area (Å²) in [6.07, 6.45) is 2.79. The normalized spacial score (nSPS) is 12.2. The number of aryl methyl sites for hydroxylation is 2. The fourth-order valence-corrected chi connectivity index (χ4v) is 2.12. The van der Waals surface area contributed by atoms with Crippen LogP contribution in [0.25, 0.3) is 0 Å². The lowest BCUT2D eigenvalue weighted by atomic mass is 10.0. The number of benzene rings is 1. The van der Waals surface area contributed by atoms with Crippen LogP contribution in [0.5, 0.6) is 0 Å². The Balaban J connectivity index is 2.36. The highest BCUT2D eigenvalue weighted by Gasteiger charge is 2.14. The van der Waals surface area contributed by atoms with Crippen LogP contribution < -0.4 is 0 Å². The lowest BCUT2D eigenvalue weighted by molar-refractivity contribution is -0.139. The average Bonchev–Trinajstić information content (AvgIpc) is 2.30. The zero-order valence-corrected chi connectivity index (χ0v) is 11.3. The summed E-state index contributed by atoms with van der Waals surface area (Å²) in [6, 6.07) is 8.34. The van der Waals surface area contributed by atoms with E-state index in [2.05, 4.69) is 39.7 Å².